The van der Waals surface area contributed by atoms with Gasteiger partial charge >= 0.3 is 0 Å². The van der Waals surface area contributed by atoms with Gasteiger partial charge in [0.15, 0.2) is 0 Å². The molecule has 0 saturated heterocycles. The first-order valence-electron chi connectivity index (χ1n) is 9.33. The number of aromatic amines is 1. The Morgan fingerprint density at radius 3 is 2.37 bits per heavy atom. The Bertz CT molecular complexity index is 760. The van der Waals surface area contributed by atoms with Gasteiger partial charge in [0, 0.05) is 17.9 Å². The first-order valence-corrected chi connectivity index (χ1v) is 10.2. The van der Waals surface area contributed by atoms with Gasteiger partial charge in [0.2, 0.25) is 21.6 Å². The fraction of sp³-hybridized carbons (Fsp3) is 0.737. The molecule has 2 heterocycles. The van der Waals surface area contributed by atoms with Crippen molar-refractivity contribution in [2.45, 2.75) is 72.5 Å². The van der Waals surface area contributed by atoms with Gasteiger partial charge in [0.05, 0.1) is 11.2 Å². The molecule has 2 rings (SSSR count). The van der Waals surface area contributed by atoms with Crippen molar-refractivity contribution in [2.75, 3.05) is 17.2 Å². The van der Waals surface area contributed by atoms with Crippen LogP contribution in [0, 0.1) is 11.3 Å². The standard InChI is InChI=1S/C19H32N4O3Si/c1-17(2,3)15(25)23-16-21-13-12(14(24)22-16)9-11(10-20-13)19(7,8)26-27-18(4,5)6/h11H,9-10H2,1-8H3,(H3,20,21,22,23,24,25). The largest absolute Gasteiger partial charge is 0.412 e. The molecule has 7 nitrogen and oxygen atoms in total. The maximum atomic E-state index is 12.6. The number of amides is 1. The number of fused-ring (bicyclic) bond motifs is 1. The Labute approximate surface area is 164 Å². The lowest BCUT2D eigenvalue weighted by Crippen LogP contribution is -2.45. The summed E-state index contributed by atoms with van der Waals surface area (Å²) in [4.78, 5) is 31.8. The monoisotopic (exact) mass is 392 g/mol. The summed E-state index contributed by atoms with van der Waals surface area (Å²) in [5.74, 6) is 0.664. The summed E-state index contributed by atoms with van der Waals surface area (Å²) >= 11 is 0. The Morgan fingerprint density at radius 2 is 1.81 bits per heavy atom. The van der Waals surface area contributed by atoms with Crippen molar-refractivity contribution < 1.29 is 9.22 Å². The molecule has 0 fully saturated rings. The molecule has 1 amide bonds. The highest BCUT2D eigenvalue weighted by atomic mass is 28.2. The molecule has 150 valence electrons. The molecule has 0 aliphatic carbocycles. The zero-order valence-electron chi connectivity index (χ0n) is 17.7. The maximum Gasteiger partial charge on any atom is 0.257 e. The number of hydrogen-bond acceptors (Lipinski definition) is 5. The third kappa shape index (κ3) is 5.65. The van der Waals surface area contributed by atoms with E-state index in [1.54, 1.807) is 0 Å². The molecule has 8 heteroatoms. The number of rotatable bonds is 4. The normalized spacial score (nSPS) is 17.9. The summed E-state index contributed by atoms with van der Waals surface area (Å²) in [7, 11) is 0.380. The van der Waals surface area contributed by atoms with Gasteiger partial charge in [-0.25, -0.2) is 0 Å². The molecular weight excluding hydrogens is 360 g/mol. The number of hydrogen-bond donors (Lipinski definition) is 3. The van der Waals surface area contributed by atoms with E-state index in [1.165, 1.54) is 0 Å². The van der Waals surface area contributed by atoms with E-state index in [4.69, 9.17) is 4.43 Å². The average molecular weight is 393 g/mol. The molecule has 0 bridgehead atoms. The highest BCUT2D eigenvalue weighted by Crippen LogP contribution is 2.32. The maximum absolute atomic E-state index is 12.6. The number of carbonyl (C=O) groups is 1. The van der Waals surface area contributed by atoms with E-state index in [9.17, 15) is 9.59 Å². The van der Waals surface area contributed by atoms with Crippen molar-refractivity contribution in [3.63, 3.8) is 0 Å². The molecule has 1 unspecified atom stereocenters. The second-order valence-electron chi connectivity index (χ2n) is 9.79. The van der Waals surface area contributed by atoms with Crippen LogP contribution in [0.4, 0.5) is 11.8 Å². The van der Waals surface area contributed by atoms with Gasteiger partial charge in [0.1, 0.15) is 5.82 Å². The minimum Gasteiger partial charge on any atom is -0.412 e. The molecule has 1 atom stereocenters. The summed E-state index contributed by atoms with van der Waals surface area (Å²) in [6.07, 6.45) is 0.583. The number of H-pyrrole nitrogens is 1. The van der Waals surface area contributed by atoms with Crippen LogP contribution in [0.5, 0.6) is 0 Å². The van der Waals surface area contributed by atoms with Crippen LogP contribution < -0.4 is 16.2 Å². The summed E-state index contributed by atoms with van der Waals surface area (Å²) in [6.45, 7) is 16.7. The molecule has 27 heavy (non-hydrogen) atoms. The number of nitrogens with one attached hydrogen (secondary N) is 3. The second-order valence-corrected chi connectivity index (χ2v) is 11.7. The Kier molecular flexibility index (Phi) is 5.92. The van der Waals surface area contributed by atoms with Gasteiger partial charge in [-0.2, -0.15) is 4.98 Å². The van der Waals surface area contributed by atoms with Gasteiger partial charge < -0.3 is 9.74 Å². The van der Waals surface area contributed by atoms with Crippen LogP contribution in [0.1, 0.15) is 61.0 Å². The first kappa shape index (κ1) is 21.6. The van der Waals surface area contributed by atoms with Crippen molar-refractivity contribution in [3.8, 4) is 0 Å². The predicted molar refractivity (Wildman–Crippen MR) is 109 cm³/mol. The SMILES string of the molecule is CC(C)(C)[Si]OC(C)(C)C1CNc2nc(NC(=O)C(C)(C)C)[nH]c(=O)c2C1. The molecule has 1 aliphatic rings. The van der Waals surface area contributed by atoms with Crippen LogP contribution in [0.15, 0.2) is 4.79 Å². The summed E-state index contributed by atoms with van der Waals surface area (Å²) in [5.41, 5.74) is -0.546. The van der Waals surface area contributed by atoms with E-state index in [0.29, 0.717) is 34.1 Å². The van der Waals surface area contributed by atoms with Crippen LogP contribution in [0.2, 0.25) is 5.04 Å². The van der Waals surface area contributed by atoms with Crippen molar-refractivity contribution >= 4 is 27.4 Å². The Hall–Kier alpha value is -1.67. The topological polar surface area (TPSA) is 96.1 Å². The van der Waals surface area contributed by atoms with Crippen molar-refractivity contribution in [1.82, 2.24) is 9.97 Å². The molecule has 1 aromatic heterocycles. The first-order chi connectivity index (χ1) is 12.2. The highest BCUT2D eigenvalue weighted by molar-refractivity contribution is 6.31. The van der Waals surface area contributed by atoms with E-state index in [0.717, 1.165) is 0 Å². The van der Waals surface area contributed by atoms with E-state index in [1.807, 2.05) is 20.8 Å². The minimum absolute atomic E-state index is 0.108. The van der Waals surface area contributed by atoms with E-state index < -0.39 is 5.41 Å². The minimum atomic E-state index is -0.567. The fourth-order valence-electron chi connectivity index (χ4n) is 2.59. The van der Waals surface area contributed by atoms with Gasteiger partial charge in [-0.05, 0) is 25.3 Å². The number of nitrogens with zero attached hydrogens (tertiary/aromatic N) is 1. The zero-order valence-corrected chi connectivity index (χ0v) is 18.7. The second kappa shape index (κ2) is 7.39. The predicted octanol–water partition coefficient (Wildman–Crippen LogP) is 2.97. The highest BCUT2D eigenvalue weighted by Gasteiger charge is 2.36. The summed E-state index contributed by atoms with van der Waals surface area (Å²) in [6, 6.07) is 0. The molecule has 0 spiro atoms. The smallest absolute Gasteiger partial charge is 0.257 e. The van der Waals surface area contributed by atoms with E-state index >= 15 is 0 Å². The van der Waals surface area contributed by atoms with E-state index in [-0.39, 0.29) is 34.0 Å². The molecule has 1 aromatic rings. The van der Waals surface area contributed by atoms with Crippen LogP contribution >= 0.6 is 0 Å². The van der Waals surface area contributed by atoms with Gasteiger partial charge in [-0.15, -0.1) is 0 Å². The lowest BCUT2D eigenvalue weighted by Gasteiger charge is -2.39. The summed E-state index contributed by atoms with van der Waals surface area (Å²) < 4.78 is 6.20. The number of aromatic nitrogens is 2. The van der Waals surface area contributed by atoms with Gasteiger partial charge in [-0.3, -0.25) is 19.9 Å². The quantitative estimate of drug-likeness (QED) is 0.685. The third-order valence-electron chi connectivity index (χ3n) is 4.50. The van der Waals surface area contributed by atoms with Gasteiger partial charge in [-0.1, -0.05) is 41.5 Å². The van der Waals surface area contributed by atoms with Crippen molar-refractivity contribution in [1.29, 1.82) is 0 Å². The third-order valence-corrected chi connectivity index (χ3v) is 5.74. The molecule has 3 N–H and O–H groups in total. The average Bonchev–Trinajstić information content (AvgIpc) is 2.51. The molecule has 2 radical (unpaired) electrons. The van der Waals surface area contributed by atoms with Crippen LogP contribution in [-0.4, -0.2) is 37.8 Å². The van der Waals surface area contributed by atoms with Crippen LogP contribution in [0.25, 0.3) is 0 Å². The molecule has 0 aromatic carbocycles. The van der Waals surface area contributed by atoms with Gasteiger partial charge in [0.25, 0.3) is 5.56 Å². The Morgan fingerprint density at radius 1 is 1.19 bits per heavy atom. The van der Waals surface area contributed by atoms with Crippen molar-refractivity contribution in [2.24, 2.45) is 11.3 Å². The van der Waals surface area contributed by atoms with Crippen LogP contribution in [0.3, 0.4) is 0 Å². The van der Waals surface area contributed by atoms with E-state index in [2.05, 4.69) is 55.2 Å². The van der Waals surface area contributed by atoms with Crippen LogP contribution in [-0.2, 0) is 15.6 Å². The number of anilines is 2. The fourth-order valence-corrected chi connectivity index (χ4v) is 3.32. The molecule has 0 saturated carbocycles. The molecule has 1 aliphatic heterocycles. The van der Waals surface area contributed by atoms with Crippen molar-refractivity contribution in [3.05, 3.63) is 15.9 Å². The zero-order chi connectivity index (χ0) is 20.6. The molecular formula is C19H32N4O3Si. The lowest BCUT2D eigenvalue weighted by molar-refractivity contribution is -0.123. The Balaban J connectivity index is 2.17. The lowest BCUT2D eigenvalue weighted by atomic mass is 9.84. The summed E-state index contributed by atoms with van der Waals surface area (Å²) in [5, 5.41) is 6.04. The number of carbonyl (C=O) groups excluding carboxylic acids is 1.